The zero-order valence-corrected chi connectivity index (χ0v) is 25.3. The maximum absolute atomic E-state index is 13.6. The van der Waals surface area contributed by atoms with Crippen LogP contribution >= 0.6 is 31.3 Å². The molecule has 18 heteroatoms. The normalized spacial score (nSPS) is 22.6. The first-order valence-electron chi connectivity index (χ1n) is 11.8. The van der Waals surface area contributed by atoms with Gasteiger partial charge in [0.25, 0.3) is 0 Å². The number of phosphoric acid groups is 1. The number of esters is 4. The summed E-state index contributed by atoms with van der Waals surface area (Å²) in [6, 6.07) is 0. The number of hydrogen-bond acceptors (Lipinski definition) is 17. The van der Waals surface area contributed by atoms with Gasteiger partial charge in [0.1, 0.15) is 12.7 Å². The van der Waals surface area contributed by atoms with Crippen LogP contribution in [0.25, 0.3) is 0 Å². The Labute approximate surface area is 239 Å². The molecule has 15 nitrogen and oxygen atoms in total. The van der Waals surface area contributed by atoms with Gasteiger partial charge in [-0.15, -0.1) is 0 Å². The molecule has 1 aliphatic rings. The highest BCUT2D eigenvalue weighted by Crippen LogP contribution is 2.52. The summed E-state index contributed by atoms with van der Waals surface area (Å²) in [6.07, 6.45) is -7.88. The topological polar surface area (TPSA) is 193 Å². The van der Waals surface area contributed by atoms with Crippen LogP contribution in [0.1, 0.15) is 41.5 Å². The van der Waals surface area contributed by atoms with Crippen LogP contribution in [-0.2, 0) is 70.6 Å². The molecule has 5 unspecified atom stereocenters. The van der Waals surface area contributed by atoms with E-state index in [1.165, 1.54) is 13.8 Å². The predicted molar refractivity (Wildman–Crippen MR) is 139 cm³/mol. The summed E-state index contributed by atoms with van der Waals surface area (Å²) in [5, 5.41) is -0.449. The molecule has 0 amide bonds. The van der Waals surface area contributed by atoms with E-state index in [0.717, 1.165) is 51.2 Å². The lowest BCUT2D eigenvalue weighted by Gasteiger charge is -2.44. The van der Waals surface area contributed by atoms with Crippen LogP contribution in [0.15, 0.2) is 0 Å². The number of rotatable bonds is 15. The van der Waals surface area contributed by atoms with Gasteiger partial charge >= 0.3 is 31.7 Å². The van der Waals surface area contributed by atoms with Crippen LogP contribution in [0.3, 0.4) is 0 Å². The molecule has 1 fully saturated rings. The average molecular weight is 633 g/mol. The molecule has 1 heterocycles. The number of ether oxygens (including phenoxy) is 5. The molecule has 0 aliphatic carbocycles. The molecule has 228 valence electrons. The quantitative estimate of drug-likeness (QED) is 0.110. The monoisotopic (exact) mass is 632 g/mol. The summed E-state index contributed by atoms with van der Waals surface area (Å²) in [5.41, 5.74) is 0. The summed E-state index contributed by atoms with van der Waals surface area (Å²) in [4.78, 5) is 69.8. The largest absolute Gasteiger partial charge is 0.477 e. The zero-order chi connectivity index (χ0) is 30.5. The highest BCUT2D eigenvalue weighted by molar-refractivity contribution is 8.13. The number of phosphoric ester groups is 1. The summed E-state index contributed by atoms with van der Waals surface area (Å²) >= 11 is 1.76. The van der Waals surface area contributed by atoms with Gasteiger partial charge in [0.15, 0.2) is 28.5 Å². The van der Waals surface area contributed by atoms with Crippen molar-refractivity contribution < 1.29 is 70.6 Å². The minimum absolute atomic E-state index is 0.0762. The fraction of sp³-hybridized carbons (Fsp3) is 0.727. The van der Waals surface area contributed by atoms with Crippen molar-refractivity contribution in [3.63, 3.8) is 0 Å². The molecule has 0 radical (unpaired) electrons. The maximum Gasteiger partial charge on any atom is 0.477 e. The van der Waals surface area contributed by atoms with E-state index < -0.39 is 69.0 Å². The van der Waals surface area contributed by atoms with E-state index in [-0.39, 0.29) is 35.0 Å². The van der Waals surface area contributed by atoms with Gasteiger partial charge in [0.05, 0.1) is 13.2 Å². The van der Waals surface area contributed by atoms with E-state index >= 15 is 0 Å². The summed E-state index contributed by atoms with van der Waals surface area (Å²) in [5.74, 6) is -3.17. The molecule has 0 spiro atoms. The molecule has 0 aromatic heterocycles. The van der Waals surface area contributed by atoms with E-state index in [4.69, 9.17) is 37.3 Å². The van der Waals surface area contributed by atoms with Crippen molar-refractivity contribution in [3.05, 3.63) is 0 Å². The summed E-state index contributed by atoms with van der Waals surface area (Å²) in [6.45, 7) is 5.79. The lowest BCUT2D eigenvalue weighted by atomic mass is 9.98. The van der Waals surface area contributed by atoms with Crippen LogP contribution in [-0.4, -0.2) is 96.1 Å². The van der Waals surface area contributed by atoms with Crippen LogP contribution in [0.4, 0.5) is 0 Å². The van der Waals surface area contributed by atoms with Crippen LogP contribution in [0, 0.1) is 0 Å². The van der Waals surface area contributed by atoms with Gasteiger partial charge in [0.2, 0.25) is 6.29 Å². The standard InChI is InChI=1S/C22H33O15PS2/c1-12(23)30-11-18-19(33-13(2)24)20(34-14(3)25)21(35-15(4)26)22(36-18)37-38(29,31-7-9-39-16(5)27)32-8-10-40-17(6)28/h18-22H,7-11H2,1-6H3. The van der Waals surface area contributed by atoms with Crippen molar-refractivity contribution in [1.29, 1.82) is 0 Å². The van der Waals surface area contributed by atoms with Crippen LogP contribution in [0.5, 0.6) is 0 Å². The number of hydrogen-bond donors (Lipinski definition) is 0. The Kier molecular flexibility index (Phi) is 16.0. The number of thioether (sulfide) groups is 2. The van der Waals surface area contributed by atoms with Gasteiger partial charge in [-0.1, -0.05) is 23.5 Å². The van der Waals surface area contributed by atoms with E-state index in [0.29, 0.717) is 0 Å². The molecular formula is C22H33O15PS2. The van der Waals surface area contributed by atoms with Gasteiger partial charge in [-0.2, -0.15) is 0 Å². The fourth-order valence-electron chi connectivity index (χ4n) is 3.17. The van der Waals surface area contributed by atoms with Gasteiger partial charge in [-0.05, 0) is 0 Å². The highest BCUT2D eigenvalue weighted by atomic mass is 32.2. The first-order chi connectivity index (χ1) is 18.6. The third-order valence-corrected chi connectivity index (χ3v) is 7.48. The SMILES string of the molecule is CC(=O)OCC1OC(OP(=O)(OCCSC(C)=O)OCCSC(C)=O)C(OC(C)=O)C(OC(C)=O)C1OC(C)=O. The Hall–Kier alpha value is -2.01. The van der Waals surface area contributed by atoms with Crippen molar-refractivity contribution in [2.75, 3.05) is 31.3 Å². The van der Waals surface area contributed by atoms with Gasteiger partial charge < -0.3 is 23.7 Å². The maximum atomic E-state index is 13.6. The Morgan fingerprint density at radius 1 is 0.675 bits per heavy atom. The van der Waals surface area contributed by atoms with E-state index in [2.05, 4.69) is 0 Å². The Balaban J connectivity index is 3.41. The van der Waals surface area contributed by atoms with Crippen molar-refractivity contribution >= 4 is 65.5 Å². The van der Waals surface area contributed by atoms with Crippen molar-refractivity contribution in [3.8, 4) is 0 Å². The summed E-state index contributed by atoms with van der Waals surface area (Å²) in [7, 11) is -4.58. The lowest BCUT2D eigenvalue weighted by molar-refractivity contribution is -0.291. The highest BCUT2D eigenvalue weighted by Gasteiger charge is 2.54. The van der Waals surface area contributed by atoms with Crippen molar-refractivity contribution in [2.24, 2.45) is 0 Å². The summed E-state index contributed by atoms with van der Waals surface area (Å²) < 4.78 is 56.4. The Morgan fingerprint density at radius 3 is 1.55 bits per heavy atom. The smallest absolute Gasteiger partial charge is 0.463 e. The van der Waals surface area contributed by atoms with E-state index in [9.17, 15) is 33.3 Å². The van der Waals surface area contributed by atoms with E-state index in [1.54, 1.807) is 0 Å². The zero-order valence-electron chi connectivity index (χ0n) is 22.8. The third-order valence-electron chi connectivity index (χ3n) is 4.46. The second-order valence-corrected chi connectivity index (χ2v) is 12.1. The molecule has 1 rings (SSSR count). The van der Waals surface area contributed by atoms with Gasteiger partial charge in [-0.25, -0.2) is 4.57 Å². The second kappa shape index (κ2) is 17.7. The first-order valence-corrected chi connectivity index (χ1v) is 15.2. The van der Waals surface area contributed by atoms with Crippen molar-refractivity contribution in [2.45, 2.75) is 72.2 Å². The van der Waals surface area contributed by atoms with Crippen LogP contribution in [0.2, 0.25) is 0 Å². The number of carbonyl (C=O) groups excluding carboxylic acids is 6. The van der Waals surface area contributed by atoms with E-state index in [1.807, 2.05) is 0 Å². The molecule has 40 heavy (non-hydrogen) atoms. The molecule has 0 saturated carbocycles. The molecule has 5 atom stereocenters. The van der Waals surface area contributed by atoms with Crippen LogP contribution < -0.4 is 0 Å². The molecule has 1 aliphatic heterocycles. The molecule has 1 saturated heterocycles. The minimum atomic E-state index is -4.58. The minimum Gasteiger partial charge on any atom is -0.463 e. The molecule has 0 aromatic rings. The molecule has 0 bridgehead atoms. The molecule has 0 N–H and O–H groups in total. The second-order valence-electron chi connectivity index (χ2n) is 7.97. The number of carbonyl (C=O) groups is 6. The first kappa shape index (κ1) is 36.0. The van der Waals surface area contributed by atoms with Gasteiger partial charge in [0, 0.05) is 53.0 Å². The van der Waals surface area contributed by atoms with Crippen molar-refractivity contribution in [1.82, 2.24) is 0 Å². The third kappa shape index (κ3) is 14.1. The predicted octanol–water partition coefficient (Wildman–Crippen LogP) is 1.79. The average Bonchev–Trinajstić information content (AvgIpc) is 2.81. The molecule has 0 aromatic carbocycles. The van der Waals surface area contributed by atoms with Gasteiger partial charge in [-0.3, -0.25) is 42.3 Å². The molecular weight excluding hydrogens is 599 g/mol. The Morgan fingerprint density at radius 2 is 1.12 bits per heavy atom. The fourth-order valence-corrected chi connectivity index (χ4v) is 5.57. The Bertz CT molecular complexity index is 948. The lowest BCUT2D eigenvalue weighted by Crippen LogP contribution is -2.62.